The molecule has 0 bridgehead atoms. The van der Waals surface area contributed by atoms with Gasteiger partial charge in [0.25, 0.3) is 0 Å². The fraction of sp³-hybridized carbons (Fsp3) is 0.409. The van der Waals surface area contributed by atoms with E-state index in [0.717, 1.165) is 5.56 Å². The van der Waals surface area contributed by atoms with Crippen molar-refractivity contribution in [2.75, 3.05) is 0 Å². The highest BCUT2D eigenvalue weighted by molar-refractivity contribution is 5.68. The number of aliphatic carboxylic acids is 1. The summed E-state index contributed by atoms with van der Waals surface area (Å²) >= 11 is 0. The van der Waals surface area contributed by atoms with Crippen molar-refractivity contribution in [2.24, 2.45) is 5.92 Å². The van der Waals surface area contributed by atoms with Crippen LogP contribution in [0.15, 0.2) is 30.3 Å². The van der Waals surface area contributed by atoms with Crippen molar-refractivity contribution < 1.29 is 28.2 Å². The Kier molecular flexibility index (Phi) is 4.52. The second kappa shape index (κ2) is 6.76. The van der Waals surface area contributed by atoms with E-state index in [2.05, 4.69) is 0 Å². The van der Waals surface area contributed by atoms with Crippen LogP contribution in [0, 0.1) is 17.6 Å². The molecule has 4 rings (SSSR count). The summed E-state index contributed by atoms with van der Waals surface area (Å²) in [6.45, 7) is 3.96. The number of carbonyl (C=O) groups is 1. The van der Waals surface area contributed by atoms with Gasteiger partial charge in [-0.2, -0.15) is 0 Å². The van der Waals surface area contributed by atoms with Crippen molar-refractivity contribution in [3.05, 3.63) is 58.7 Å². The quantitative estimate of drug-likeness (QED) is 0.770. The van der Waals surface area contributed by atoms with Crippen LogP contribution in [0.2, 0.25) is 0 Å². The molecule has 2 atom stereocenters. The molecule has 0 amide bonds. The Bertz CT molecular complexity index is 938. The predicted octanol–water partition coefficient (Wildman–Crippen LogP) is 4.84. The number of carboxylic acids is 1. The van der Waals surface area contributed by atoms with Crippen LogP contribution in [0.25, 0.3) is 0 Å². The molecule has 1 fully saturated rings. The molecule has 1 N–H and O–H groups in total. The summed E-state index contributed by atoms with van der Waals surface area (Å²) in [6, 6.07) is 7.47. The summed E-state index contributed by atoms with van der Waals surface area (Å²) in [4.78, 5) is 10.8. The Morgan fingerprint density at radius 1 is 1.29 bits per heavy atom. The predicted molar refractivity (Wildman–Crippen MR) is 98.6 cm³/mol. The molecule has 1 aliphatic heterocycles. The first kappa shape index (κ1) is 18.7. The number of carboxylic acid groups (broad SMARTS) is 1. The van der Waals surface area contributed by atoms with Crippen LogP contribution in [-0.4, -0.2) is 16.7 Å². The third-order valence-corrected chi connectivity index (χ3v) is 5.33. The Labute approximate surface area is 162 Å². The molecule has 0 aromatic heterocycles. The van der Waals surface area contributed by atoms with E-state index < -0.39 is 17.4 Å². The maximum absolute atomic E-state index is 14.5. The lowest BCUT2D eigenvalue weighted by Crippen LogP contribution is -2.25. The molecule has 28 heavy (non-hydrogen) atoms. The topological polar surface area (TPSA) is 55.8 Å². The van der Waals surface area contributed by atoms with Crippen molar-refractivity contribution in [2.45, 2.75) is 51.2 Å². The van der Waals surface area contributed by atoms with E-state index in [4.69, 9.17) is 14.6 Å². The van der Waals surface area contributed by atoms with E-state index in [-0.39, 0.29) is 30.7 Å². The zero-order chi connectivity index (χ0) is 20.1. The lowest BCUT2D eigenvalue weighted by Gasteiger charge is -2.18. The molecule has 4 nitrogen and oxygen atoms in total. The molecular weight excluding hydrogens is 366 g/mol. The number of rotatable bonds is 6. The maximum Gasteiger partial charge on any atom is 0.303 e. The third kappa shape index (κ3) is 3.81. The largest absolute Gasteiger partial charge is 0.489 e. The smallest absolute Gasteiger partial charge is 0.303 e. The van der Waals surface area contributed by atoms with Gasteiger partial charge in [-0.05, 0) is 55.9 Å². The zero-order valence-corrected chi connectivity index (χ0v) is 15.8. The van der Waals surface area contributed by atoms with Crippen molar-refractivity contribution in [3.8, 4) is 11.5 Å². The highest BCUT2D eigenvalue weighted by Gasteiger charge is 2.41. The Hall–Kier alpha value is -2.63. The van der Waals surface area contributed by atoms with Gasteiger partial charge in [0, 0.05) is 30.0 Å². The average molecular weight is 388 g/mol. The van der Waals surface area contributed by atoms with Crippen LogP contribution in [0.4, 0.5) is 8.78 Å². The van der Waals surface area contributed by atoms with Gasteiger partial charge in [0.05, 0.1) is 0 Å². The van der Waals surface area contributed by atoms with E-state index in [1.165, 1.54) is 18.2 Å². The molecule has 1 aliphatic carbocycles. The number of fused-ring (bicyclic) bond motifs is 1. The lowest BCUT2D eigenvalue weighted by atomic mass is 10.0. The van der Waals surface area contributed by atoms with Crippen LogP contribution >= 0.6 is 0 Å². The third-order valence-electron chi connectivity index (χ3n) is 5.33. The molecule has 2 aromatic rings. The van der Waals surface area contributed by atoms with E-state index >= 15 is 0 Å². The molecule has 1 saturated carbocycles. The molecule has 0 radical (unpaired) electrons. The first-order valence-corrected chi connectivity index (χ1v) is 9.36. The van der Waals surface area contributed by atoms with E-state index in [1.54, 1.807) is 12.1 Å². The van der Waals surface area contributed by atoms with Gasteiger partial charge in [-0.15, -0.1) is 0 Å². The number of halogens is 2. The fourth-order valence-electron chi connectivity index (χ4n) is 3.99. The minimum atomic E-state index is -0.860. The number of hydrogen-bond acceptors (Lipinski definition) is 3. The molecule has 2 aliphatic rings. The van der Waals surface area contributed by atoms with E-state index in [9.17, 15) is 13.6 Å². The maximum atomic E-state index is 14.5. The minimum absolute atomic E-state index is 0.00541. The van der Waals surface area contributed by atoms with Crippen LogP contribution in [-0.2, 0) is 17.8 Å². The van der Waals surface area contributed by atoms with E-state index in [1.807, 2.05) is 13.8 Å². The van der Waals surface area contributed by atoms with Gasteiger partial charge in [-0.1, -0.05) is 6.07 Å². The molecule has 148 valence electrons. The molecule has 1 heterocycles. The Morgan fingerprint density at radius 2 is 2.07 bits per heavy atom. The molecular formula is C22H22F2O4. The molecule has 2 aromatic carbocycles. The SMILES string of the molecule is CC1(C)Cc2cc(F)cc(COc3ccc(C4CC4CC(=O)O)c(F)c3)c2O1. The summed E-state index contributed by atoms with van der Waals surface area (Å²) in [5.74, 6) is -0.692. The van der Waals surface area contributed by atoms with Crippen LogP contribution in [0.5, 0.6) is 11.5 Å². The highest BCUT2D eigenvalue weighted by atomic mass is 19.1. The second-order valence-corrected chi connectivity index (χ2v) is 8.26. The van der Waals surface area contributed by atoms with Gasteiger partial charge < -0.3 is 14.6 Å². The zero-order valence-electron chi connectivity index (χ0n) is 15.8. The minimum Gasteiger partial charge on any atom is -0.489 e. The van der Waals surface area contributed by atoms with Gasteiger partial charge in [0.15, 0.2) is 0 Å². The number of hydrogen-bond donors (Lipinski definition) is 1. The fourth-order valence-corrected chi connectivity index (χ4v) is 3.99. The van der Waals surface area contributed by atoms with Crippen molar-refractivity contribution in [1.29, 1.82) is 0 Å². The molecule has 6 heteroatoms. The average Bonchev–Trinajstić information content (AvgIpc) is 3.24. The summed E-state index contributed by atoms with van der Waals surface area (Å²) in [7, 11) is 0. The molecule has 0 saturated heterocycles. The lowest BCUT2D eigenvalue weighted by molar-refractivity contribution is -0.137. The van der Waals surface area contributed by atoms with Crippen LogP contribution in [0.3, 0.4) is 0 Å². The Morgan fingerprint density at radius 3 is 2.79 bits per heavy atom. The molecule has 0 spiro atoms. The van der Waals surface area contributed by atoms with Crippen molar-refractivity contribution in [1.82, 2.24) is 0 Å². The first-order chi connectivity index (χ1) is 13.2. The van der Waals surface area contributed by atoms with Gasteiger partial charge in [-0.25, -0.2) is 8.78 Å². The van der Waals surface area contributed by atoms with Crippen LogP contribution < -0.4 is 9.47 Å². The second-order valence-electron chi connectivity index (χ2n) is 8.26. The molecule has 2 unspecified atom stereocenters. The Balaban J connectivity index is 1.46. The van der Waals surface area contributed by atoms with Gasteiger partial charge >= 0.3 is 5.97 Å². The van der Waals surface area contributed by atoms with Gasteiger partial charge in [-0.3, -0.25) is 4.79 Å². The monoisotopic (exact) mass is 388 g/mol. The summed E-state index contributed by atoms with van der Waals surface area (Å²) in [5, 5.41) is 8.85. The van der Waals surface area contributed by atoms with Gasteiger partial charge in [0.1, 0.15) is 35.3 Å². The summed E-state index contributed by atoms with van der Waals surface area (Å²) in [6.07, 6.45) is 1.37. The van der Waals surface area contributed by atoms with E-state index in [0.29, 0.717) is 35.5 Å². The highest BCUT2D eigenvalue weighted by Crippen LogP contribution is 2.50. The first-order valence-electron chi connectivity index (χ1n) is 9.36. The summed E-state index contributed by atoms with van der Waals surface area (Å²) < 4.78 is 40.0. The normalized spacial score (nSPS) is 21.7. The number of ether oxygens (including phenoxy) is 2. The van der Waals surface area contributed by atoms with Crippen molar-refractivity contribution >= 4 is 5.97 Å². The van der Waals surface area contributed by atoms with Gasteiger partial charge in [0.2, 0.25) is 0 Å². The number of benzene rings is 2. The standard InChI is InChI=1S/C22H22F2O4/c1-22(2)10-13-5-15(23)6-14(21(13)28-22)11-27-16-3-4-17(19(24)9-16)18-7-12(18)8-20(25)26/h3-6,9,12,18H,7-8,10-11H2,1-2H3,(H,25,26). The van der Waals surface area contributed by atoms with Crippen LogP contribution in [0.1, 0.15) is 49.3 Å². The van der Waals surface area contributed by atoms with Crippen molar-refractivity contribution in [3.63, 3.8) is 0 Å². The summed E-state index contributed by atoms with van der Waals surface area (Å²) in [5.41, 5.74) is 1.53.